The molecular weight excluding hydrogens is 520 g/mol. The van der Waals surface area contributed by atoms with Crippen LogP contribution in [-0.4, -0.2) is 35.3 Å². The maximum absolute atomic E-state index is 13.1. The number of carbonyl (C=O) groups is 3. The number of fused-ring (bicyclic) bond motifs is 2. The average Bonchev–Trinajstić information content (AvgIpc) is 3.00. The normalized spacial score (nSPS) is 15.1. The van der Waals surface area contributed by atoms with Gasteiger partial charge in [0.15, 0.2) is 6.04 Å². The minimum absolute atomic E-state index is 0.103. The zero-order chi connectivity index (χ0) is 28.6. The first kappa shape index (κ1) is 27.5. The topological polar surface area (TPSA) is 94.2 Å². The lowest BCUT2D eigenvalue weighted by atomic mass is 9.98. The fraction of sp³-hybridized carbons (Fsp3) is 0.182. The van der Waals surface area contributed by atoms with Gasteiger partial charge in [-0.2, -0.15) is 0 Å². The van der Waals surface area contributed by atoms with Crippen LogP contribution in [-0.2, 0) is 32.3 Å². The van der Waals surface area contributed by atoms with E-state index in [9.17, 15) is 14.4 Å². The van der Waals surface area contributed by atoms with Crippen LogP contribution in [0.5, 0.6) is 17.2 Å². The highest BCUT2D eigenvalue weighted by atomic mass is 16.5. The van der Waals surface area contributed by atoms with E-state index in [0.29, 0.717) is 17.9 Å². The molecule has 3 aliphatic rings. The highest BCUT2D eigenvalue weighted by Gasteiger charge is 2.45. The van der Waals surface area contributed by atoms with Gasteiger partial charge in [0.2, 0.25) is 11.8 Å². The first-order valence-corrected chi connectivity index (χ1v) is 13.3. The largest absolute Gasteiger partial charge is 0.489 e. The molecule has 0 saturated carbocycles. The van der Waals surface area contributed by atoms with Crippen molar-refractivity contribution >= 4 is 17.8 Å². The first-order chi connectivity index (χ1) is 20.0. The van der Waals surface area contributed by atoms with Gasteiger partial charge in [0.1, 0.15) is 36.5 Å². The Morgan fingerprint density at radius 2 is 1.44 bits per heavy atom. The summed E-state index contributed by atoms with van der Waals surface area (Å²) in [4.78, 5) is 38.6. The molecule has 2 atom stereocenters. The fourth-order valence-corrected chi connectivity index (χ4v) is 4.46. The van der Waals surface area contributed by atoms with E-state index in [2.05, 4.69) is 5.32 Å². The van der Waals surface area contributed by atoms with Crippen molar-refractivity contribution in [2.75, 3.05) is 6.54 Å². The monoisotopic (exact) mass is 550 g/mol. The van der Waals surface area contributed by atoms with Gasteiger partial charge in [-0.15, -0.1) is 0 Å². The van der Waals surface area contributed by atoms with E-state index in [0.717, 1.165) is 22.6 Å². The molecule has 2 unspecified atom stereocenters. The minimum atomic E-state index is -0.913. The van der Waals surface area contributed by atoms with Crippen molar-refractivity contribution in [1.29, 1.82) is 0 Å². The van der Waals surface area contributed by atoms with Crippen molar-refractivity contribution < 1.29 is 28.6 Å². The van der Waals surface area contributed by atoms with Crippen LogP contribution < -0.4 is 14.8 Å². The molecule has 208 valence electrons. The Morgan fingerprint density at radius 3 is 1.93 bits per heavy atom. The molecule has 7 rings (SSSR count). The van der Waals surface area contributed by atoms with E-state index in [-0.39, 0.29) is 25.0 Å². The quantitative estimate of drug-likeness (QED) is 0.201. The van der Waals surface area contributed by atoms with Crippen LogP contribution in [0.25, 0.3) is 0 Å². The third-order valence-electron chi connectivity index (χ3n) is 6.58. The molecule has 2 amide bonds. The second kappa shape index (κ2) is 12.8. The van der Waals surface area contributed by atoms with Gasteiger partial charge in [-0.3, -0.25) is 9.59 Å². The summed E-state index contributed by atoms with van der Waals surface area (Å²) in [6, 6.07) is 32.5. The van der Waals surface area contributed by atoms with Gasteiger partial charge in [0, 0.05) is 13.0 Å². The maximum atomic E-state index is 13.1. The molecule has 8 nitrogen and oxygen atoms in total. The SMILES string of the molecule is CC(=O)NC1CN(C(C(=O)OCc2ccccc2)c2ccc(OCc3ccccc3)cc2)C1=O.c1cc2cc(c1)O2. The molecule has 8 heteroatoms. The maximum Gasteiger partial charge on any atom is 0.333 e. The van der Waals surface area contributed by atoms with E-state index in [1.54, 1.807) is 24.3 Å². The Bertz CT molecular complexity index is 1470. The molecule has 0 spiro atoms. The number of nitrogens with one attached hydrogen (secondary N) is 1. The Labute approximate surface area is 238 Å². The van der Waals surface area contributed by atoms with Crippen LogP contribution in [0.1, 0.15) is 29.7 Å². The number of esters is 1. The van der Waals surface area contributed by atoms with Gasteiger partial charge in [-0.1, -0.05) is 78.9 Å². The summed E-state index contributed by atoms with van der Waals surface area (Å²) < 4.78 is 16.4. The molecule has 0 aliphatic carbocycles. The van der Waals surface area contributed by atoms with Crippen LogP contribution in [0.4, 0.5) is 0 Å². The summed E-state index contributed by atoms with van der Waals surface area (Å²) in [5.74, 6) is 1.48. The molecule has 2 bridgehead atoms. The van der Waals surface area contributed by atoms with Gasteiger partial charge < -0.3 is 24.4 Å². The number of rotatable bonds is 9. The number of hydrogen-bond acceptors (Lipinski definition) is 6. The lowest BCUT2D eigenvalue weighted by Crippen LogP contribution is -2.65. The Hall–Kier alpha value is -5.11. The van der Waals surface area contributed by atoms with E-state index in [1.807, 2.05) is 84.9 Å². The van der Waals surface area contributed by atoms with Crippen molar-refractivity contribution in [3.63, 3.8) is 0 Å². The Balaban J connectivity index is 0.000000414. The average molecular weight is 551 g/mol. The van der Waals surface area contributed by atoms with Crippen LogP contribution >= 0.6 is 0 Å². The molecule has 1 saturated heterocycles. The molecule has 4 aromatic carbocycles. The molecule has 1 fully saturated rings. The number of carbonyl (C=O) groups excluding carboxylic acids is 3. The number of amides is 2. The number of hydrogen-bond donors (Lipinski definition) is 1. The third kappa shape index (κ3) is 7.10. The first-order valence-electron chi connectivity index (χ1n) is 13.3. The van der Waals surface area contributed by atoms with Crippen LogP contribution in [0, 0.1) is 0 Å². The van der Waals surface area contributed by atoms with Gasteiger partial charge >= 0.3 is 5.97 Å². The number of ether oxygens (including phenoxy) is 3. The van der Waals surface area contributed by atoms with E-state index < -0.39 is 18.1 Å². The Kier molecular flexibility index (Phi) is 8.59. The summed E-state index contributed by atoms with van der Waals surface area (Å²) in [5.41, 5.74) is 2.51. The summed E-state index contributed by atoms with van der Waals surface area (Å²) in [6.07, 6.45) is 0. The van der Waals surface area contributed by atoms with Gasteiger partial charge in [0.25, 0.3) is 0 Å². The predicted molar refractivity (Wildman–Crippen MR) is 152 cm³/mol. The predicted octanol–water partition coefficient (Wildman–Crippen LogP) is 5.19. The van der Waals surface area contributed by atoms with Crippen LogP contribution in [0.3, 0.4) is 0 Å². The number of benzene rings is 4. The number of likely N-dealkylation sites (tertiary alicyclic amines) is 1. The highest BCUT2D eigenvalue weighted by Crippen LogP contribution is 2.33. The molecular formula is C33H30N2O6. The van der Waals surface area contributed by atoms with Crippen molar-refractivity contribution in [3.05, 3.63) is 126 Å². The third-order valence-corrected chi connectivity index (χ3v) is 6.58. The highest BCUT2D eigenvalue weighted by molar-refractivity contribution is 5.95. The van der Waals surface area contributed by atoms with E-state index in [1.165, 1.54) is 11.8 Å². The summed E-state index contributed by atoms with van der Waals surface area (Å²) in [5, 5.41) is 2.60. The van der Waals surface area contributed by atoms with Crippen LogP contribution in [0.2, 0.25) is 0 Å². The van der Waals surface area contributed by atoms with Crippen molar-refractivity contribution in [2.45, 2.75) is 32.2 Å². The van der Waals surface area contributed by atoms with Gasteiger partial charge in [0.05, 0.1) is 6.54 Å². The molecule has 0 aromatic heterocycles. The molecule has 3 heterocycles. The van der Waals surface area contributed by atoms with E-state index >= 15 is 0 Å². The summed E-state index contributed by atoms with van der Waals surface area (Å²) in [6.45, 7) is 2.11. The van der Waals surface area contributed by atoms with Gasteiger partial charge in [-0.05, 0) is 41.0 Å². The van der Waals surface area contributed by atoms with E-state index in [4.69, 9.17) is 14.2 Å². The van der Waals surface area contributed by atoms with Crippen molar-refractivity contribution in [1.82, 2.24) is 10.2 Å². The summed E-state index contributed by atoms with van der Waals surface area (Å²) >= 11 is 0. The zero-order valence-electron chi connectivity index (χ0n) is 22.6. The molecule has 3 aliphatic heterocycles. The second-order valence-corrected chi connectivity index (χ2v) is 9.66. The summed E-state index contributed by atoms with van der Waals surface area (Å²) in [7, 11) is 0. The number of β-lactam (4-membered cyclic amide) rings is 1. The Morgan fingerprint density at radius 1 is 0.854 bits per heavy atom. The molecule has 4 aromatic rings. The lowest BCUT2D eigenvalue weighted by Gasteiger charge is -2.42. The lowest BCUT2D eigenvalue weighted by molar-refractivity contribution is -0.164. The molecule has 0 radical (unpaired) electrons. The van der Waals surface area contributed by atoms with Crippen molar-refractivity contribution in [2.24, 2.45) is 0 Å². The second-order valence-electron chi connectivity index (χ2n) is 9.66. The smallest absolute Gasteiger partial charge is 0.333 e. The molecule has 41 heavy (non-hydrogen) atoms. The zero-order valence-corrected chi connectivity index (χ0v) is 22.6. The number of nitrogens with zero attached hydrogens (tertiary/aromatic N) is 1. The van der Waals surface area contributed by atoms with Crippen LogP contribution in [0.15, 0.2) is 109 Å². The molecule has 1 N–H and O–H groups in total. The van der Waals surface area contributed by atoms with Gasteiger partial charge in [-0.25, -0.2) is 4.79 Å². The van der Waals surface area contributed by atoms with Crippen molar-refractivity contribution in [3.8, 4) is 17.2 Å². The standard InChI is InChI=1S/C27H26N2O5.C6H4O/c1-19(30)28-24-16-29(26(24)31)25(27(32)34-18-21-10-6-3-7-11-21)22-12-14-23(15-13-22)33-17-20-8-4-2-5-9-20;1-2-5-4-6(3-1)7-5/h2-15,24-25H,16-18H2,1H3,(H,28,30);1-4H. The minimum Gasteiger partial charge on any atom is -0.489 e. The fourth-order valence-electron chi connectivity index (χ4n) is 4.46.